The van der Waals surface area contributed by atoms with E-state index in [1.165, 1.54) is 5.56 Å². The van der Waals surface area contributed by atoms with Crippen molar-refractivity contribution in [2.45, 2.75) is 64.1 Å². The van der Waals surface area contributed by atoms with E-state index < -0.39 is 0 Å². The quantitative estimate of drug-likeness (QED) is 0.476. The summed E-state index contributed by atoms with van der Waals surface area (Å²) >= 11 is 0. The van der Waals surface area contributed by atoms with Gasteiger partial charge in [-0.25, -0.2) is 9.67 Å². The molecule has 0 spiro atoms. The highest BCUT2D eigenvalue weighted by Gasteiger charge is 2.25. The molecule has 2 aromatic heterocycles. The van der Waals surface area contributed by atoms with E-state index in [9.17, 15) is 5.11 Å². The number of aromatic nitrogens is 4. The summed E-state index contributed by atoms with van der Waals surface area (Å²) in [5.41, 5.74) is 4.26. The molecule has 2 aliphatic rings. The van der Waals surface area contributed by atoms with E-state index in [-0.39, 0.29) is 12.1 Å². The maximum absolute atomic E-state index is 10.0. The van der Waals surface area contributed by atoms with Crippen molar-refractivity contribution in [3.05, 3.63) is 36.0 Å². The predicted molar refractivity (Wildman–Crippen MR) is 140 cm³/mol. The van der Waals surface area contributed by atoms with Crippen molar-refractivity contribution in [1.82, 2.24) is 29.5 Å². The molecule has 8 nitrogen and oxygen atoms in total. The number of hydrogen-bond donors (Lipinski definition) is 2. The second-order valence-corrected chi connectivity index (χ2v) is 10.2. The normalized spacial score (nSPS) is 22.0. The van der Waals surface area contributed by atoms with Gasteiger partial charge < -0.3 is 15.3 Å². The fourth-order valence-electron chi connectivity index (χ4n) is 5.19. The van der Waals surface area contributed by atoms with Crippen LogP contribution in [0.15, 0.2) is 30.5 Å². The lowest BCUT2D eigenvalue weighted by atomic mass is 9.93. The van der Waals surface area contributed by atoms with E-state index in [1.54, 1.807) is 0 Å². The molecule has 0 amide bonds. The second-order valence-electron chi connectivity index (χ2n) is 10.2. The van der Waals surface area contributed by atoms with Crippen LogP contribution in [0.25, 0.3) is 22.3 Å². The van der Waals surface area contributed by atoms with Crippen LogP contribution in [0.2, 0.25) is 0 Å². The van der Waals surface area contributed by atoms with Crippen molar-refractivity contribution in [2.75, 3.05) is 45.1 Å². The van der Waals surface area contributed by atoms with Crippen molar-refractivity contribution in [2.24, 2.45) is 0 Å². The zero-order valence-corrected chi connectivity index (χ0v) is 21.2. The van der Waals surface area contributed by atoms with E-state index in [4.69, 9.17) is 10.1 Å². The molecule has 8 heteroatoms. The van der Waals surface area contributed by atoms with Crippen LogP contribution in [0.5, 0.6) is 0 Å². The Labute approximate surface area is 208 Å². The van der Waals surface area contributed by atoms with Gasteiger partial charge in [0.05, 0.1) is 17.5 Å². The van der Waals surface area contributed by atoms with Crippen LogP contribution in [0.4, 0.5) is 5.95 Å². The number of piperazine rings is 1. The van der Waals surface area contributed by atoms with E-state index in [0.29, 0.717) is 5.95 Å². The molecule has 188 valence electrons. The standard InChI is InChI=1S/C27H39N7O/c1-3-4-13-28-27-29-18-24-25(31-34(26(24)30-27)22-9-11-23(35)12-10-22)21-7-5-20(6-8-21)19-33-16-14-32(2)15-17-33/h5-8,18,22-23,35H,3-4,9-17,19H2,1-2H3,(H,28,29,30). The van der Waals surface area contributed by atoms with Gasteiger partial charge in [-0.2, -0.15) is 10.1 Å². The van der Waals surface area contributed by atoms with Gasteiger partial charge in [0.25, 0.3) is 0 Å². The molecule has 2 N–H and O–H groups in total. The minimum atomic E-state index is -0.193. The van der Waals surface area contributed by atoms with E-state index in [2.05, 4.69) is 63.0 Å². The van der Waals surface area contributed by atoms with Gasteiger partial charge in [-0.3, -0.25) is 4.90 Å². The number of rotatable bonds is 8. The summed E-state index contributed by atoms with van der Waals surface area (Å²) in [5, 5.41) is 19.5. The average Bonchev–Trinajstić information content (AvgIpc) is 3.25. The molecule has 35 heavy (non-hydrogen) atoms. The number of nitrogens with one attached hydrogen (secondary N) is 1. The highest BCUT2D eigenvalue weighted by atomic mass is 16.3. The van der Waals surface area contributed by atoms with Gasteiger partial charge >= 0.3 is 0 Å². The number of benzene rings is 1. The summed E-state index contributed by atoms with van der Waals surface area (Å²) in [5.74, 6) is 0.664. The molecule has 1 aromatic carbocycles. The van der Waals surface area contributed by atoms with Gasteiger partial charge in [-0.1, -0.05) is 37.6 Å². The molecule has 1 saturated carbocycles. The zero-order chi connectivity index (χ0) is 24.2. The van der Waals surface area contributed by atoms with Crippen LogP contribution in [0.1, 0.15) is 57.1 Å². The van der Waals surface area contributed by atoms with Crippen LogP contribution < -0.4 is 5.32 Å². The molecule has 0 unspecified atom stereocenters. The molecular weight excluding hydrogens is 438 g/mol. The fourth-order valence-corrected chi connectivity index (χ4v) is 5.19. The summed E-state index contributed by atoms with van der Waals surface area (Å²) in [6, 6.07) is 9.10. The van der Waals surface area contributed by atoms with E-state index >= 15 is 0 Å². The van der Waals surface area contributed by atoms with Crippen LogP contribution in [-0.4, -0.2) is 80.5 Å². The molecule has 0 radical (unpaired) electrons. The minimum Gasteiger partial charge on any atom is -0.393 e. The van der Waals surface area contributed by atoms with Crippen LogP contribution in [-0.2, 0) is 6.54 Å². The smallest absolute Gasteiger partial charge is 0.224 e. The van der Waals surface area contributed by atoms with Crippen LogP contribution >= 0.6 is 0 Å². The molecule has 1 aliphatic carbocycles. The van der Waals surface area contributed by atoms with Crippen molar-refractivity contribution < 1.29 is 5.11 Å². The van der Waals surface area contributed by atoms with Gasteiger partial charge in [-0.15, -0.1) is 0 Å². The monoisotopic (exact) mass is 477 g/mol. The molecule has 1 aliphatic heterocycles. The third-order valence-electron chi connectivity index (χ3n) is 7.50. The Morgan fingerprint density at radius 2 is 1.77 bits per heavy atom. The van der Waals surface area contributed by atoms with Crippen molar-refractivity contribution >= 4 is 17.0 Å². The number of hydrogen-bond acceptors (Lipinski definition) is 7. The highest BCUT2D eigenvalue weighted by molar-refractivity contribution is 5.91. The highest BCUT2D eigenvalue weighted by Crippen LogP contribution is 2.34. The third kappa shape index (κ3) is 5.66. The van der Waals surface area contributed by atoms with Gasteiger partial charge in [0, 0.05) is 51.0 Å². The van der Waals surface area contributed by atoms with Crippen molar-refractivity contribution in [1.29, 1.82) is 0 Å². The average molecular weight is 478 g/mol. The number of aliphatic hydroxyl groups excluding tert-OH is 1. The number of nitrogens with zero attached hydrogens (tertiary/aromatic N) is 6. The molecule has 3 aromatic rings. The van der Waals surface area contributed by atoms with E-state index in [1.807, 2.05) is 6.20 Å². The molecule has 3 heterocycles. The minimum absolute atomic E-state index is 0.193. The number of anilines is 1. The van der Waals surface area contributed by atoms with Crippen LogP contribution in [0.3, 0.4) is 0 Å². The number of likely N-dealkylation sites (N-methyl/N-ethyl adjacent to an activating group) is 1. The summed E-state index contributed by atoms with van der Waals surface area (Å²) in [6.45, 7) is 8.55. The van der Waals surface area contributed by atoms with E-state index in [0.717, 1.165) is 100 Å². The first-order valence-electron chi connectivity index (χ1n) is 13.3. The largest absolute Gasteiger partial charge is 0.393 e. The first-order valence-corrected chi connectivity index (χ1v) is 13.3. The van der Waals surface area contributed by atoms with Gasteiger partial charge in [-0.05, 0) is 44.7 Å². The first-order chi connectivity index (χ1) is 17.1. The van der Waals surface area contributed by atoms with Gasteiger partial charge in [0.15, 0.2) is 5.65 Å². The third-order valence-corrected chi connectivity index (χ3v) is 7.50. The fraction of sp³-hybridized carbons (Fsp3) is 0.593. The zero-order valence-electron chi connectivity index (χ0n) is 21.2. The Hall–Kier alpha value is -2.55. The first kappa shape index (κ1) is 24.2. The topological polar surface area (TPSA) is 82.3 Å². The van der Waals surface area contributed by atoms with Crippen LogP contribution in [0, 0.1) is 0 Å². The maximum Gasteiger partial charge on any atom is 0.224 e. The molecule has 5 rings (SSSR count). The molecule has 2 fully saturated rings. The summed E-state index contributed by atoms with van der Waals surface area (Å²) < 4.78 is 2.10. The predicted octanol–water partition coefficient (Wildman–Crippen LogP) is 3.93. The summed E-state index contributed by atoms with van der Waals surface area (Å²) in [7, 11) is 2.19. The Morgan fingerprint density at radius 3 is 2.49 bits per heavy atom. The number of fused-ring (bicyclic) bond motifs is 1. The lowest BCUT2D eigenvalue weighted by Crippen LogP contribution is -2.43. The Bertz CT molecular complexity index is 1100. The van der Waals surface area contributed by atoms with Crippen molar-refractivity contribution in [3.63, 3.8) is 0 Å². The van der Waals surface area contributed by atoms with Gasteiger partial charge in [0.1, 0.15) is 5.69 Å². The lowest BCUT2D eigenvalue weighted by Gasteiger charge is -2.32. The summed E-state index contributed by atoms with van der Waals surface area (Å²) in [4.78, 5) is 14.4. The Kier molecular flexibility index (Phi) is 7.60. The molecule has 0 atom stereocenters. The lowest BCUT2D eigenvalue weighted by molar-refractivity contribution is 0.109. The maximum atomic E-state index is 10.0. The molecule has 1 saturated heterocycles. The van der Waals surface area contributed by atoms with Gasteiger partial charge in [0.2, 0.25) is 5.95 Å². The van der Waals surface area contributed by atoms with Crippen molar-refractivity contribution in [3.8, 4) is 11.3 Å². The molecule has 0 bridgehead atoms. The number of aliphatic hydroxyl groups is 1. The Morgan fingerprint density at radius 1 is 1.03 bits per heavy atom. The Balaban J connectivity index is 1.41. The summed E-state index contributed by atoms with van der Waals surface area (Å²) in [6.07, 6.45) is 7.42. The second kappa shape index (κ2) is 11.0. The SMILES string of the molecule is CCCCNc1ncc2c(-c3ccc(CN4CCN(C)CC4)cc3)nn(C3CCC(O)CC3)c2n1. The molecular formula is C27H39N7O. The number of unbranched alkanes of at least 4 members (excludes halogenated alkanes) is 1.